The Hall–Kier alpha value is -2.58. The van der Waals surface area contributed by atoms with Crippen LogP contribution in [0.3, 0.4) is 0 Å². The molecule has 1 unspecified atom stereocenters. The van der Waals surface area contributed by atoms with Gasteiger partial charge in [-0.2, -0.15) is 0 Å². The normalized spacial score (nSPS) is 16.1. The lowest BCUT2D eigenvalue weighted by molar-refractivity contribution is 0.0186. The predicted molar refractivity (Wildman–Crippen MR) is 95.4 cm³/mol. The fourth-order valence-corrected chi connectivity index (χ4v) is 2.94. The first kappa shape index (κ1) is 18.2. The summed E-state index contributed by atoms with van der Waals surface area (Å²) in [5.41, 5.74) is 1.15. The van der Waals surface area contributed by atoms with Crippen molar-refractivity contribution < 1.29 is 13.9 Å². The smallest absolute Gasteiger partial charge is 0.271 e. The molecule has 8 heteroatoms. The molecule has 1 saturated heterocycles. The first-order chi connectivity index (χ1) is 12.7. The number of amides is 1. The Morgan fingerprint density at radius 3 is 2.73 bits per heavy atom. The van der Waals surface area contributed by atoms with Gasteiger partial charge in [-0.1, -0.05) is 12.1 Å². The average molecular weight is 359 g/mol. The number of anilines is 1. The van der Waals surface area contributed by atoms with Crippen molar-refractivity contribution in [1.82, 2.24) is 20.4 Å². The summed E-state index contributed by atoms with van der Waals surface area (Å²) in [4.78, 5) is 13.8. The van der Waals surface area contributed by atoms with Crippen molar-refractivity contribution in [2.45, 2.75) is 6.04 Å². The molecule has 2 aromatic rings. The van der Waals surface area contributed by atoms with Crippen LogP contribution in [-0.4, -0.2) is 60.9 Å². The summed E-state index contributed by atoms with van der Waals surface area (Å²) in [5.74, 6) is 0.0257. The van der Waals surface area contributed by atoms with Crippen LogP contribution in [0.15, 0.2) is 36.4 Å². The minimum absolute atomic E-state index is 0.0185. The molecule has 1 aromatic carbocycles. The molecule has 1 atom stereocenters. The monoisotopic (exact) mass is 359 g/mol. The van der Waals surface area contributed by atoms with Crippen LogP contribution in [0.2, 0.25) is 0 Å². The van der Waals surface area contributed by atoms with Crippen LogP contribution in [0, 0.1) is 5.82 Å². The van der Waals surface area contributed by atoms with E-state index in [1.807, 2.05) is 6.07 Å². The number of hydrogen-bond acceptors (Lipinski definition) is 6. The maximum atomic E-state index is 13.7. The molecular weight excluding hydrogens is 337 g/mol. The summed E-state index contributed by atoms with van der Waals surface area (Å²) < 4.78 is 19.1. The van der Waals surface area contributed by atoms with Gasteiger partial charge in [0.1, 0.15) is 11.6 Å². The van der Waals surface area contributed by atoms with Crippen LogP contribution in [-0.2, 0) is 4.74 Å². The molecule has 1 amide bonds. The second kappa shape index (κ2) is 8.68. The lowest BCUT2D eigenvalue weighted by Crippen LogP contribution is -2.41. The third kappa shape index (κ3) is 4.53. The van der Waals surface area contributed by atoms with Gasteiger partial charge in [-0.25, -0.2) is 4.39 Å². The zero-order valence-electron chi connectivity index (χ0n) is 14.6. The largest absolute Gasteiger partial charge is 0.379 e. The molecular formula is C18H22FN5O2. The zero-order chi connectivity index (χ0) is 18.4. The Morgan fingerprint density at radius 2 is 2.08 bits per heavy atom. The Kier molecular flexibility index (Phi) is 6.08. The van der Waals surface area contributed by atoms with Gasteiger partial charge in [0.15, 0.2) is 5.69 Å². The van der Waals surface area contributed by atoms with Gasteiger partial charge in [-0.15, -0.1) is 10.2 Å². The number of ether oxygens (including phenoxy) is 1. The van der Waals surface area contributed by atoms with E-state index in [2.05, 4.69) is 25.7 Å². The Morgan fingerprint density at radius 1 is 1.27 bits per heavy atom. The van der Waals surface area contributed by atoms with E-state index in [1.54, 1.807) is 31.3 Å². The first-order valence-corrected chi connectivity index (χ1v) is 8.54. The van der Waals surface area contributed by atoms with Crippen molar-refractivity contribution in [2.24, 2.45) is 0 Å². The number of benzene rings is 1. The van der Waals surface area contributed by atoms with Crippen LogP contribution in [0.5, 0.6) is 0 Å². The van der Waals surface area contributed by atoms with E-state index in [4.69, 9.17) is 4.74 Å². The van der Waals surface area contributed by atoms with Crippen LogP contribution in [0.25, 0.3) is 0 Å². The molecule has 0 saturated carbocycles. The van der Waals surface area contributed by atoms with Crippen LogP contribution < -0.4 is 10.6 Å². The van der Waals surface area contributed by atoms with Gasteiger partial charge >= 0.3 is 0 Å². The standard InChI is InChI=1S/C18H22FN5O2/c1-20-18(25)15-5-6-17(23-22-15)21-12-16(24-7-9-26-10-8-24)13-3-2-4-14(19)11-13/h2-6,11,16H,7-10,12H2,1H3,(H,20,25)(H,21,23). The third-order valence-electron chi connectivity index (χ3n) is 4.32. The summed E-state index contributed by atoms with van der Waals surface area (Å²) in [5, 5.41) is 13.7. The molecule has 2 N–H and O–H groups in total. The number of nitrogens with zero attached hydrogens (tertiary/aromatic N) is 3. The van der Waals surface area contributed by atoms with Crippen LogP contribution in [0.4, 0.5) is 10.2 Å². The van der Waals surface area contributed by atoms with E-state index >= 15 is 0 Å². The molecule has 1 aliphatic rings. The second-order valence-corrected chi connectivity index (χ2v) is 5.98. The highest BCUT2D eigenvalue weighted by molar-refractivity contribution is 5.91. The fourth-order valence-electron chi connectivity index (χ4n) is 2.94. The summed E-state index contributed by atoms with van der Waals surface area (Å²) in [6, 6.07) is 9.94. The second-order valence-electron chi connectivity index (χ2n) is 5.98. The van der Waals surface area contributed by atoms with E-state index in [1.165, 1.54) is 6.07 Å². The molecule has 0 spiro atoms. The third-order valence-corrected chi connectivity index (χ3v) is 4.32. The SMILES string of the molecule is CNC(=O)c1ccc(NCC(c2cccc(F)c2)N2CCOCC2)nn1. The quantitative estimate of drug-likeness (QED) is 0.813. The number of hydrogen-bond donors (Lipinski definition) is 2. The molecule has 2 heterocycles. The van der Waals surface area contributed by atoms with Crippen molar-refractivity contribution >= 4 is 11.7 Å². The highest BCUT2D eigenvalue weighted by atomic mass is 19.1. The van der Waals surface area contributed by atoms with Crippen molar-refractivity contribution in [3.63, 3.8) is 0 Å². The maximum Gasteiger partial charge on any atom is 0.271 e. The van der Waals surface area contributed by atoms with E-state index in [0.29, 0.717) is 25.6 Å². The van der Waals surface area contributed by atoms with Gasteiger partial charge in [-0.3, -0.25) is 9.69 Å². The first-order valence-electron chi connectivity index (χ1n) is 8.54. The van der Waals surface area contributed by atoms with E-state index in [-0.39, 0.29) is 23.5 Å². The number of carbonyl (C=O) groups is 1. The molecule has 1 fully saturated rings. The minimum atomic E-state index is -0.282. The number of nitrogens with one attached hydrogen (secondary N) is 2. The zero-order valence-corrected chi connectivity index (χ0v) is 14.6. The lowest BCUT2D eigenvalue weighted by atomic mass is 10.0. The summed E-state index contributed by atoms with van der Waals surface area (Å²) in [6.07, 6.45) is 0. The van der Waals surface area contributed by atoms with Crippen LogP contribution in [0.1, 0.15) is 22.1 Å². The molecule has 1 aromatic heterocycles. The molecule has 26 heavy (non-hydrogen) atoms. The molecule has 1 aliphatic heterocycles. The molecule has 0 radical (unpaired) electrons. The van der Waals surface area contributed by atoms with Crippen molar-refractivity contribution in [3.05, 3.63) is 53.5 Å². The molecule has 7 nitrogen and oxygen atoms in total. The highest BCUT2D eigenvalue weighted by Gasteiger charge is 2.23. The number of rotatable bonds is 6. The Labute approximate surface area is 151 Å². The Bertz CT molecular complexity index is 735. The fraction of sp³-hybridized carbons (Fsp3) is 0.389. The van der Waals surface area contributed by atoms with E-state index < -0.39 is 0 Å². The van der Waals surface area contributed by atoms with E-state index in [0.717, 1.165) is 18.7 Å². The van der Waals surface area contributed by atoms with Gasteiger partial charge in [0.25, 0.3) is 5.91 Å². The van der Waals surface area contributed by atoms with Crippen molar-refractivity contribution in [2.75, 3.05) is 45.2 Å². The van der Waals surface area contributed by atoms with Gasteiger partial charge in [0.2, 0.25) is 0 Å². The maximum absolute atomic E-state index is 13.7. The van der Waals surface area contributed by atoms with Gasteiger partial charge < -0.3 is 15.4 Å². The van der Waals surface area contributed by atoms with Crippen molar-refractivity contribution in [1.29, 1.82) is 0 Å². The number of carbonyl (C=O) groups excluding carboxylic acids is 1. The predicted octanol–water partition coefficient (Wildman–Crippen LogP) is 1.46. The summed E-state index contributed by atoms with van der Waals surface area (Å²) in [6.45, 7) is 3.42. The number of halogens is 1. The van der Waals surface area contributed by atoms with Gasteiger partial charge in [-0.05, 0) is 29.8 Å². The van der Waals surface area contributed by atoms with Gasteiger partial charge in [0.05, 0.1) is 19.3 Å². The number of morpholine rings is 1. The lowest BCUT2D eigenvalue weighted by Gasteiger charge is -2.35. The summed E-state index contributed by atoms with van der Waals surface area (Å²) in [7, 11) is 1.54. The minimum Gasteiger partial charge on any atom is -0.379 e. The average Bonchev–Trinajstić information content (AvgIpc) is 2.69. The molecule has 0 aliphatic carbocycles. The summed E-state index contributed by atoms with van der Waals surface area (Å²) >= 11 is 0. The number of aromatic nitrogens is 2. The molecule has 0 bridgehead atoms. The van der Waals surface area contributed by atoms with E-state index in [9.17, 15) is 9.18 Å². The van der Waals surface area contributed by atoms with Gasteiger partial charge in [0, 0.05) is 26.7 Å². The Balaban J connectivity index is 1.72. The topological polar surface area (TPSA) is 79.4 Å². The van der Waals surface area contributed by atoms with Crippen LogP contribution >= 0.6 is 0 Å². The highest BCUT2D eigenvalue weighted by Crippen LogP contribution is 2.23. The molecule has 138 valence electrons. The molecule has 3 rings (SSSR count). The van der Waals surface area contributed by atoms with Crippen molar-refractivity contribution in [3.8, 4) is 0 Å².